The third-order valence-corrected chi connectivity index (χ3v) is 3.31. The second-order valence-corrected chi connectivity index (χ2v) is 4.96. The van der Waals surface area contributed by atoms with E-state index in [-0.39, 0.29) is 12.6 Å². The van der Waals surface area contributed by atoms with Crippen LogP contribution in [0, 0.1) is 17.2 Å². The zero-order chi connectivity index (χ0) is 13.0. The molecule has 2 unspecified atom stereocenters. The van der Waals surface area contributed by atoms with Crippen molar-refractivity contribution in [2.75, 3.05) is 31.1 Å². The van der Waals surface area contributed by atoms with E-state index >= 15 is 0 Å². The maximum atomic E-state index is 9.32. The summed E-state index contributed by atoms with van der Waals surface area (Å²) in [6, 6.07) is 9.88. The van der Waals surface area contributed by atoms with Gasteiger partial charge in [-0.2, -0.15) is 5.26 Å². The van der Waals surface area contributed by atoms with Crippen LogP contribution in [0.5, 0.6) is 0 Å². The Bertz CT molecular complexity index is 424. The molecule has 1 fully saturated rings. The Hall–Kier alpha value is -1.57. The molecular weight excluding hydrogens is 226 g/mol. The SMILES string of the molecule is CC1CNC(CO)CN(c2ccc(C#N)cc2)C1. The second kappa shape index (κ2) is 5.85. The molecule has 0 saturated carbocycles. The van der Waals surface area contributed by atoms with Gasteiger partial charge in [0, 0.05) is 24.8 Å². The molecule has 2 atom stereocenters. The monoisotopic (exact) mass is 245 g/mol. The summed E-state index contributed by atoms with van der Waals surface area (Å²) in [5.41, 5.74) is 1.79. The largest absolute Gasteiger partial charge is 0.395 e. The summed E-state index contributed by atoms with van der Waals surface area (Å²) >= 11 is 0. The van der Waals surface area contributed by atoms with E-state index < -0.39 is 0 Å². The standard InChI is InChI=1S/C14H19N3O/c1-11-7-16-13(10-18)9-17(8-11)14-4-2-12(6-15)3-5-14/h2-5,11,13,16,18H,7-10H2,1H3. The van der Waals surface area contributed by atoms with Crippen LogP contribution in [-0.4, -0.2) is 37.4 Å². The molecule has 4 heteroatoms. The van der Waals surface area contributed by atoms with Crippen LogP contribution >= 0.6 is 0 Å². The summed E-state index contributed by atoms with van der Waals surface area (Å²) in [5, 5.41) is 21.5. The molecular formula is C14H19N3O. The first-order valence-corrected chi connectivity index (χ1v) is 6.32. The number of nitrogens with zero attached hydrogens (tertiary/aromatic N) is 2. The van der Waals surface area contributed by atoms with E-state index in [1.165, 1.54) is 0 Å². The Morgan fingerprint density at radius 3 is 2.72 bits per heavy atom. The van der Waals surface area contributed by atoms with Gasteiger partial charge in [-0.3, -0.25) is 0 Å². The number of hydrogen-bond donors (Lipinski definition) is 2. The van der Waals surface area contributed by atoms with Crippen molar-refractivity contribution in [2.24, 2.45) is 5.92 Å². The zero-order valence-corrected chi connectivity index (χ0v) is 10.6. The number of benzene rings is 1. The fraction of sp³-hybridized carbons (Fsp3) is 0.500. The molecule has 0 amide bonds. The van der Waals surface area contributed by atoms with E-state index in [4.69, 9.17) is 5.26 Å². The summed E-state index contributed by atoms with van der Waals surface area (Å²) in [6.07, 6.45) is 0. The molecule has 0 aliphatic carbocycles. The number of aliphatic hydroxyl groups excluding tert-OH is 1. The first kappa shape index (κ1) is 12.9. The third kappa shape index (κ3) is 3.00. The van der Waals surface area contributed by atoms with Crippen molar-refractivity contribution in [1.82, 2.24) is 5.32 Å². The normalized spacial score (nSPS) is 24.4. The quantitative estimate of drug-likeness (QED) is 0.815. The van der Waals surface area contributed by atoms with Gasteiger partial charge in [-0.1, -0.05) is 6.92 Å². The average molecular weight is 245 g/mol. The molecule has 0 radical (unpaired) electrons. The van der Waals surface area contributed by atoms with Gasteiger partial charge in [0.15, 0.2) is 0 Å². The molecule has 1 heterocycles. The van der Waals surface area contributed by atoms with E-state index in [1.807, 2.05) is 24.3 Å². The van der Waals surface area contributed by atoms with Gasteiger partial charge in [0.05, 0.1) is 18.2 Å². The molecule has 0 aromatic heterocycles. The van der Waals surface area contributed by atoms with Crippen LogP contribution in [0.1, 0.15) is 12.5 Å². The van der Waals surface area contributed by atoms with Crippen LogP contribution in [0.2, 0.25) is 0 Å². The lowest BCUT2D eigenvalue weighted by molar-refractivity contribution is 0.247. The van der Waals surface area contributed by atoms with Crippen molar-refractivity contribution in [1.29, 1.82) is 5.26 Å². The predicted octanol–water partition coefficient (Wildman–Crippen LogP) is 0.965. The molecule has 1 aromatic rings. The van der Waals surface area contributed by atoms with Gasteiger partial charge < -0.3 is 15.3 Å². The molecule has 1 saturated heterocycles. The van der Waals surface area contributed by atoms with Gasteiger partial charge in [0.25, 0.3) is 0 Å². The highest BCUT2D eigenvalue weighted by atomic mass is 16.3. The molecule has 1 aromatic carbocycles. The van der Waals surface area contributed by atoms with Gasteiger partial charge in [0.1, 0.15) is 0 Å². The van der Waals surface area contributed by atoms with E-state index in [9.17, 15) is 5.11 Å². The Balaban J connectivity index is 2.15. The minimum Gasteiger partial charge on any atom is -0.395 e. The highest BCUT2D eigenvalue weighted by Crippen LogP contribution is 2.18. The van der Waals surface area contributed by atoms with Crippen molar-refractivity contribution in [2.45, 2.75) is 13.0 Å². The van der Waals surface area contributed by atoms with Crippen molar-refractivity contribution in [3.63, 3.8) is 0 Å². The lowest BCUT2D eigenvalue weighted by atomic mass is 10.1. The minimum atomic E-state index is 0.116. The Morgan fingerprint density at radius 2 is 2.11 bits per heavy atom. The molecule has 4 nitrogen and oxygen atoms in total. The van der Waals surface area contributed by atoms with Gasteiger partial charge in [-0.05, 0) is 36.7 Å². The number of rotatable bonds is 2. The van der Waals surface area contributed by atoms with Crippen LogP contribution in [0.25, 0.3) is 0 Å². The molecule has 2 rings (SSSR count). The smallest absolute Gasteiger partial charge is 0.0991 e. The summed E-state index contributed by atoms with van der Waals surface area (Å²) in [5.74, 6) is 0.539. The van der Waals surface area contributed by atoms with E-state index in [0.717, 1.165) is 25.3 Å². The van der Waals surface area contributed by atoms with Gasteiger partial charge in [-0.25, -0.2) is 0 Å². The van der Waals surface area contributed by atoms with E-state index in [1.54, 1.807) is 0 Å². The van der Waals surface area contributed by atoms with Crippen LogP contribution in [0.15, 0.2) is 24.3 Å². The Labute approximate surface area is 108 Å². The van der Waals surface area contributed by atoms with Crippen LogP contribution < -0.4 is 10.2 Å². The first-order chi connectivity index (χ1) is 8.72. The Kier molecular flexibility index (Phi) is 4.19. The number of nitrogens with one attached hydrogen (secondary N) is 1. The van der Waals surface area contributed by atoms with Crippen LogP contribution in [0.3, 0.4) is 0 Å². The van der Waals surface area contributed by atoms with Gasteiger partial charge in [-0.15, -0.1) is 0 Å². The summed E-state index contributed by atoms with van der Waals surface area (Å²) in [7, 11) is 0. The highest BCUT2D eigenvalue weighted by molar-refractivity contribution is 5.50. The van der Waals surface area contributed by atoms with Crippen LogP contribution in [0.4, 0.5) is 5.69 Å². The number of nitriles is 1. The van der Waals surface area contributed by atoms with Crippen LogP contribution in [-0.2, 0) is 0 Å². The fourth-order valence-corrected chi connectivity index (χ4v) is 2.29. The molecule has 0 spiro atoms. The maximum Gasteiger partial charge on any atom is 0.0991 e. The second-order valence-electron chi connectivity index (χ2n) is 4.96. The predicted molar refractivity (Wildman–Crippen MR) is 71.4 cm³/mol. The summed E-state index contributed by atoms with van der Waals surface area (Å²) in [6.45, 7) is 5.04. The summed E-state index contributed by atoms with van der Waals surface area (Å²) in [4.78, 5) is 2.27. The first-order valence-electron chi connectivity index (χ1n) is 6.32. The molecule has 1 aliphatic heterocycles. The summed E-state index contributed by atoms with van der Waals surface area (Å²) < 4.78 is 0. The maximum absolute atomic E-state index is 9.32. The lowest BCUT2D eigenvalue weighted by Crippen LogP contribution is -2.40. The Morgan fingerprint density at radius 1 is 1.39 bits per heavy atom. The molecule has 96 valence electrons. The topological polar surface area (TPSA) is 59.3 Å². The van der Waals surface area contributed by atoms with Crippen molar-refractivity contribution in [3.8, 4) is 6.07 Å². The zero-order valence-electron chi connectivity index (χ0n) is 10.6. The number of aliphatic hydroxyl groups is 1. The lowest BCUT2D eigenvalue weighted by Gasteiger charge is -2.26. The molecule has 2 N–H and O–H groups in total. The van der Waals surface area contributed by atoms with E-state index in [2.05, 4.69) is 23.2 Å². The number of anilines is 1. The van der Waals surface area contributed by atoms with E-state index in [0.29, 0.717) is 11.5 Å². The van der Waals surface area contributed by atoms with Gasteiger partial charge >= 0.3 is 0 Å². The minimum absolute atomic E-state index is 0.116. The molecule has 0 bridgehead atoms. The number of hydrogen-bond acceptors (Lipinski definition) is 4. The third-order valence-electron chi connectivity index (χ3n) is 3.31. The van der Waals surface area contributed by atoms with Crippen molar-refractivity contribution >= 4 is 5.69 Å². The molecule has 18 heavy (non-hydrogen) atoms. The average Bonchev–Trinajstić information content (AvgIpc) is 2.60. The van der Waals surface area contributed by atoms with Gasteiger partial charge in [0.2, 0.25) is 0 Å². The fourth-order valence-electron chi connectivity index (χ4n) is 2.29. The van der Waals surface area contributed by atoms with Crippen molar-refractivity contribution in [3.05, 3.63) is 29.8 Å². The van der Waals surface area contributed by atoms with Crippen molar-refractivity contribution < 1.29 is 5.11 Å². The highest BCUT2D eigenvalue weighted by Gasteiger charge is 2.20. The molecule has 1 aliphatic rings.